The normalized spacial score (nSPS) is 10.9. The lowest BCUT2D eigenvalue weighted by Crippen LogP contribution is -1.79. The van der Waals surface area contributed by atoms with Crippen LogP contribution in [0.25, 0.3) is 23.0 Å². The van der Waals surface area contributed by atoms with Crippen LogP contribution in [0.15, 0.2) is 43.9 Å². The molecular weight excluding hydrogens is 355 g/mol. The molecule has 0 spiro atoms. The topological polar surface area (TPSA) is 52.1 Å². The number of rotatable bonds is 2. The van der Waals surface area contributed by atoms with E-state index in [1.54, 1.807) is 30.3 Å². The maximum atomic E-state index is 5.94. The van der Waals surface area contributed by atoms with Crippen molar-refractivity contribution in [1.29, 1.82) is 0 Å². The van der Waals surface area contributed by atoms with Gasteiger partial charge in [0.1, 0.15) is 0 Å². The van der Waals surface area contributed by atoms with Crippen molar-refractivity contribution in [2.75, 3.05) is 0 Å². The van der Waals surface area contributed by atoms with E-state index in [0.29, 0.717) is 37.8 Å². The molecule has 96 valence electrons. The quantitative estimate of drug-likeness (QED) is 0.641. The van der Waals surface area contributed by atoms with Crippen LogP contribution in [0, 0.1) is 0 Å². The number of hydrogen-bond acceptors (Lipinski definition) is 4. The molecule has 0 amide bonds. The van der Waals surface area contributed by atoms with Crippen molar-refractivity contribution in [2.24, 2.45) is 0 Å². The summed E-state index contributed by atoms with van der Waals surface area (Å²) in [4.78, 5) is 4.24. The molecule has 0 saturated carbocycles. The van der Waals surface area contributed by atoms with Gasteiger partial charge in [0.2, 0.25) is 5.82 Å². The molecule has 0 aliphatic carbocycles. The standard InChI is InChI=1S/C12H5BrCl2N2O2/c13-10-4-3-9(18-10)11-16-12(19-17-11)6-1-2-7(14)8(15)5-6/h1-5H. The van der Waals surface area contributed by atoms with Gasteiger partial charge in [0.05, 0.1) is 10.0 Å². The smallest absolute Gasteiger partial charge is 0.258 e. The molecule has 1 aromatic carbocycles. The molecule has 7 heteroatoms. The fourth-order valence-electron chi connectivity index (χ4n) is 1.50. The van der Waals surface area contributed by atoms with Crippen LogP contribution in [0.4, 0.5) is 0 Å². The average Bonchev–Trinajstić information content (AvgIpc) is 3.01. The molecule has 0 saturated heterocycles. The summed E-state index contributed by atoms with van der Waals surface area (Å²) < 4.78 is 11.1. The van der Waals surface area contributed by atoms with Crippen LogP contribution < -0.4 is 0 Å². The Morgan fingerprint density at radius 3 is 2.58 bits per heavy atom. The van der Waals surface area contributed by atoms with Gasteiger partial charge in [-0.15, -0.1) is 0 Å². The van der Waals surface area contributed by atoms with Gasteiger partial charge in [0.25, 0.3) is 5.89 Å². The van der Waals surface area contributed by atoms with Gasteiger partial charge in [-0.25, -0.2) is 0 Å². The van der Waals surface area contributed by atoms with Crippen molar-refractivity contribution >= 4 is 39.1 Å². The first kappa shape index (κ1) is 12.7. The van der Waals surface area contributed by atoms with Crippen molar-refractivity contribution in [3.8, 4) is 23.0 Å². The zero-order valence-electron chi connectivity index (χ0n) is 9.23. The third-order valence-electron chi connectivity index (χ3n) is 2.39. The average molecular weight is 360 g/mol. The monoisotopic (exact) mass is 358 g/mol. The molecular formula is C12H5BrCl2N2O2. The minimum absolute atomic E-state index is 0.348. The van der Waals surface area contributed by atoms with Crippen molar-refractivity contribution in [3.05, 3.63) is 45.0 Å². The molecule has 0 atom stereocenters. The fourth-order valence-corrected chi connectivity index (χ4v) is 2.11. The zero-order chi connectivity index (χ0) is 13.4. The first-order valence-electron chi connectivity index (χ1n) is 5.18. The van der Waals surface area contributed by atoms with Crippen LogP contribution >= 0.6 is 39.1 Å². The van der Waals surface area contributed by atoms with E-state index in [4.69, 9.17) is 32.1 Å². The number of benzene rings is 1. The lowest BCUT2D eigenvalue weighted by Gasteiger charge is -1.97. The number of nitrogens with zero attached hydrogens (tertiary/aromatic N) is 2. The van der Waals surface area contributed by atoms with Crippen molar-refractivity contribution in [3.63, 3.8) is 0 Å². The third-order valence-corrected chi connectivity index (χ3v) is 3.55. The summed E-state index contributed by atoms with van der Waals surface area (Å²) >= 11 is 15.0. The maximum absolute atomic E-state index is 5.94. The largest absolute Gasteiger partial charge is 0.446 e. The van der Waals surface area contributed by atoms with E-state index in [-0.39, 0.29) is 0 Å². The molecule has 0 radical (unpaired) electrons. The molecule has 0 aliphatic rings. The lowest BCUT2D eigenvalue weighted by atomic mass is 10.2. The highest BCUT2D eigenvalue weighted by Crippen LogP contribution is 2.29. The van der Waals surface area contributed by atoms with Crippen LogP contribution in [0.2, 0.25) is 10.0 Å². The molecule has 19 heavy (non-hydrogen) atoms. The van der Waals surface area contributed by atoms with Gasteiger partial charge in [-0.05, 0) is 46.3 Å². The predicted octanol–water partition coefficient (Wildman–Crippen LogP) is 5.07. The van der Waals surface area contributed by atoms with E-state index < -0.39 is 0 Å². The molecule has 4 nitrogen and oxygen atoms in total. The van der Waals surface area contributed by atoms with E-state index in [2.05, 4.69) is 26.1 Å². The maximum Gasteiger partial charge on any atom is 0.258 e. The van der Waals surface area contributed by atoms with E-state index in [0.717, 1.165) is 0 Å². The molecule has 0 fully saturated rings. The Morgan fingerprint density at radius 2 is 1.89 bits per heavy atom. The van der Waals surface area contributed by atoms with Gasteiger partial charge in [0, 0.05) is 5.56 Å². The van der Waals surface area contributed by atoms with Crippen molar-refractivity contribution in [1.82, 2.24) is 10.1 Å². The fraction of sp³-hybridized carbons (Fsp3) is 0. The Hall–Kier alpha value is -1.30. The Kier molecular flexibility index (Phi) is 3.35. The summed E-state index contributed by atoms with van der Waals surface area (Å²) in [5.41, 5.74) is 0.693. The molecule has 3 rings (SSSR count). The van der Waals surface area contributed by atoms with E-state index in [1.165, 1.54) is 0 Å². The van der Waals surface area contributed by atoms with E-state index in [1.807, 2.05) is 0 Å². The number of hydrogen-bond donors (Lipinski definition) is 0. The van der Waals surface area contributed by atoms with Gasteiger partial charge in [-0.2, -0.15) is 4.98 Å². The number of aromatic nitrogens is 2. The van der Waals surface area contributed by atoms with Crippen LogP contribution in [-0.2, 0) is 0 Å². The van der Waals surface area contributed by atoms with Gasteiger partial charge >= 0.3 is 0 Å². The molecule has 2 aromatic heterocycles. The van der Waals surface area contributed by atoms with Gasteiger partial charge in [0.15, 0.2) is 10.4 Å². The Balaban J connectivity index is 1.98. The molecule has 3 aromatic rings. The first-order valence-corrected chi connectivity index (χ1v) is 6.73. The zero-order valence-corrected chi connectivity index (χ0v) is 12.3. The summed E-state index contributed by atoms with van der Waals surface area (Å²) in [6.45, 7) is 0. The summed E-state index contributed by atoms with van der Waals surface area (Å²) in [7, 11) is 0. The highest BCUT2D eigenvalue weighted by atomic mass is 79.9. The Labute approximate surface area is 126 Å². The molecule has 0 N–H and O–H groups in total. The molecule has 2 heterocycles. The Morgan fingerprint density at radius 1 is 1.05 bits per heavy atom. The van der Waals surface area contributed by atoms with Gasteiger partial charge < -0.3 is 8.94 Å². The van der Waals surface area contributed by atoms with Crippen LogP contribution in [0.1, 0.15) is 0 Å². The van der Waals surface area contributed by atoms with Crippen LogP contribution in [0.3, 0.4) is 0 Å². The van der Waals surface area contributed by atoms with E-state index in [9.17, 15) is 0 Å². The second-order valence-electron chi connectivity index (χ2n) is 3.66. The molecule has 0 unspecified atom stereocenters. The lowest BCUT2D eigenvalue weighted by molar-refractivity contribution is 0.429. The van der Waals surface area contributed by atoms with Crippen LogP contribution in [-0.4, -0.2) is 10.1 Å². The number of furan rings is 1. The molecule has 0 aliphatic heterocycles. The minimum Gasteiger partial charge on any atom is -0.446 e. The van der Waals surface area contributed by atoms with Gasteiger partial charge in [-0.3, -0.25) is 0 Å². The van der Waals surface area contributed by atoms with Crippen LogP contribution in [0.5, 0.6) is 0 Å². The highest BCUT2D eigenvalue weighted by Gasteiger charge is 2.14. The first-order chi connectivity index (χ1) is 9.13. The highest BCUT2D eigenvalue weighted by molar-refractivity contribution is 9.10. The summed E-state index contributed by atoms with van der Waals surface area (Å²) in [5.74, 6) is 1.23. The second-order valence-corrected chi connectivity index (χ2v) is 5.25. The van der Waals surface area contributed by atoms with Crippen molar-refractivity contribution in [2.45, 2.75) is 0 Å². The summed E-state index contributed by atoms with van der Waals surface area (Å²) in [5, 5.41) is 4.75. The SMILES string of the molecule is Clc1ccc(-c2nc(-c3ccc(Br)o3)no2)cc1Cl. The second kappa shape index (κ2) is 5.00. The summed E-state index contributed by atoms with van der Waals surface area (Å²) in [6, 6.07) is 8.59. The van der Waals surface area contributed by atoms with E-state index >= 15 is 0 Å². The molecule has 0 bridgehead atoms. The van der Waals surface area contributed by atoms with Crippen molar-refractivity contribution < 1.29 is 8.94 Å². The third kappa shape index (κ3) is 2.54. The number of halogens is 3. The minimum atomic E-state index is 0.348. The van der Waals surface area contributed by atoms with Gasteiger partial charge in [-0.1, -0.05) is 28.4 Å². The Bertz CT molecular complexity index is 739. The predicted molar refractivity (Wildman–Crippen MR) is 75.2 cm³/mol. The summed E-state index contributed by atoms with van der Waals surface area (Å²) in [6.07, 6.45) is 0.